The van der Waals surface area contributed by atoms with E-state index in [1.54, 1.807) is 6.26 Å². The van der Waals surface area contributed by atoms with Gasteiger partial charge in [0.25, 0.3) is 5.89 Å². The molecule has 0 atom stereocenters. The predicted octanol–water partition coefficient (Wildman–Crippen LogP) is 2.85. The normalized spacial score (nSPS) is 10.9. The van der Waals surface area contributed by atoms with Gasteiger partial charge in [-0.3, -0.25) is 0 Å². The molecule has 0 radical (unpaired) electrons. The number of aryl methyl sites for hydroxylation is 1. The molecule has 0 amide bonds. The van der Waals surface area contributed by atoms with E-state index < -0.39 is 0 Å². The molecule has 0 aliphatic rings. The van der Waals surface area contributed by atoms with Crippen molar-refractivity contribution in [3.8, 4) is 11.7 Å². The molecule has 0 aliphatic carbocycles. The number of rotatable bonds is 5. The van der Waals surface area contributed by atoms with Crippen LogP contribution in [0.25, 0.3) is 11.7 Å². The molecule has 0 saturated carbocycles. The van der Waals surface area contributed by atoms with Gasteiger partial charge in [-0.25, -0.2) is 4.98 Å². The van der Waals surface area contributed by atoms with Crippen LogP contribution in [0.2, 0.25) is 0 Å². The molecule has 0 fully saturated rings. The van der Waals surface area contributed by atoms with Gasteiger partial charge in [0, 0.05) is 0 Å². The lowest BCUT2D eigenvalue weighted by Crippen LogP contribution is -2.08. The van der Waals surface area contributed by atoms with Crippen molar-refractivity contribution >= 4 is 15.9 Å². The summed E-state index contributed by atoms with van der Waals surface area (Å²) < 4.78 is 11.4. The molecule has 2 aromatic heterocycles. The van der Waals surface area contributed by atoms with Gasteiger partial charge < -0.3 is 14.2 Å². The van der Waals surface area contributed by atoms with E-state index >= 15 is 0 Å². The van der Waals surface area contributed by atoms with E-state index in [0.29, 0.717) is 16.3 Å². The average Bonchev–Trinajstić information content (AvgIpc) is 2.87. The number of halogens is 1. The molecule has 2 heterocycles. The largest absolute Gasteiger partial charge is 0.444 e. The van der Waals surface area contributed by atoms with Crippen molar-refractivity contribution in [2.45, 2.75) is 12.8 Å². The van der Waals surface area contributed by atoms with Gasteiger partial charge in [-0.05, 0) is 54.5 Å². The Bertz CT molecular complexity index is 450. The first-order valence-electron chi connectivity index (χ1n) is 5.14. The van der Waals surface area contributed by atoms with E-state index in [0.717, 1.165) is 25.1 Å². The van der Waals surface area contributed by atoms with Crippen LogP contribution < -0.4 is 5.32 Å². The zero-order chi connectivity index (χ0) is 11.4. The molecular formula is C11H13BrN2O2. The Morgan fingerprint density at radius 2 is 2.31 bits per heavy atom. The third-order valence-electron chi connectivity index (χ3n) is 2.20. The third-order valence-corrected chi connectivity index (χ3v) is 2.62. The van der Waals surface area contributed by atoms with E-state index in [4.69, 9.17) is 8.83 Å². The molecule has 0 aliphatic heterocycles. The summed E-state index contributed by atoms with van der Waals surface area (Å²) >= 11 is 3.24. The molecule has 16 heavy (non-hydrogen) atoms. The fourth-order valence-corrected chi connectivity index (χ4v) is 1.72. The molecule has 2 rings (SSSR count). The quantitative estimate of drug-likeness (QED) is 0.858. The van der Waals surface area contributed by atoms with Crippen LogP contribution in [0.5, 0.6) is 0 Å². The topological polar surface area (TPSA) is 51.2 Å². The second-order valence-electron chi connectivity index (χ2n) is 3.45. The lowest BCUT2D eigenvalue weighted by atomic mass is 10.2. The van der Waals surface area contributed by atoms with Crippen LogP contribution >= 0.6 is 15.9 Å². The number of hydrogen-bond donors (Lipinski definition) is 1. The molecular weight excluding hydrogens is 272 g/mol. The van der Waals surface area contributed by atoms with Gasteiger partial charge in [0.1, 0.15) is 6.26 Å². The van der Waals surface area contributed by atoms with E-state index in [-0.39, 0.29) is 0 Å². The summed E-state index contributed by atoms with van der Waals surface area (Å²) in [6, 6.07) is 3.65. The van der Waals surface area contributed by atoms with Crippen molar-refractivity contribution < 1.29 is 8.83 Å². The maximum absolute atomic E-state index is 5.36. The van der Waals surface area contributed by atoms with Gasteiger partial charge in [0.2, 0.25) is 0 Å². The van der Waals surface area contributed by atoms with Crippen LogP contribution in [0.4, 0.5) is 0 Å². The van der Waals surface area contributed by atoms with Crippen molar-refractivity contribution in [2.75, 3.05) is 13.6 Å². The van der Waals surface area contributed by atoms with Gasteiger partial charge in [-0.1, -0.05) is 0 Å². The lowest BCUT2D eigenvalue weighted by Gasteiger charge is -1.94. The van der Waals surface area contributed by atoms with Gasteiger partial charge >= 0.3 is 0 Å². The fraction of sp³-hybridized carbons (Fsp3) is 0.364. The van der Waals surface area contributed by atoms with Gasteiger partial charge in [0.15, 0.2) is 10.4 Å². The van der Waals surface area contributed by atoms with Crippen LogP contribution in [-0.2, 0) is 6.42 Å². The highest BCUT2D eigenvalue weighted by Crippen LogP contribution is 2.24. The van der Waals surface area contributed by atoms with Crippen LogP contribution in [0.1, 0.15) is 12.1 Å². The highest BCUT2D eigenvalue weighted by molar-refractivity contribution is 9.10. The maximum Gasteiger partial charge on any atom is 0.263 e. The first kappa shape index (κ1) is 11.4. The number of nitrogens with zero attached hydrogens (tertiary/aromatic N) is 1. The minimum absolute atomic E-state index is 0.533. The van der Waals surface area contributed by atoms with Gasteiger partial charge in [-0.15, -0.1) is 0 Å². The van der Waals surface area contributed by atoms with E-state index in [1.807, 2.05) is 19.2 Å². The van der Waals surface area contributed by atoms with E-state index in [1.165, 1.54) is 0 Å². The molecule has 0 unspecified atom stereocenters. The Labute approximate surface area is 102 Å². The summed E-state index contributed by atoms with van der Waals surface area (Å²) in [5.41, 5.74) is 0.956. The van der Waals surface area contributed by atoms with E-state index in [9.17, 15) is 0 Å². The van der Waals surface area contributed by atoms with Gasteiger partial charge in [0.05, 0.1) is 5.69 Å². The highest BCUT2D eigenvalue weighted by atomic mass is 79.9. The summed E-state index contributed by atoms with van der Waals surface area (Å²) in [4.78, 5) is 4.36. The average molecular weight is 285 g/mol. The van der Waals surface area contributed by atoms with Crippen molar-refractivity contribution in [1.29, 1.82) is 0 Å². The number of oxazole rings is 1. The predicted molar refractivity (Wildman–Crippen MR) is 64.2 cm³/mol. The van der Waals surface area contributed by atoms with Crippen LogP contribution in [-0.4, -0.2) is 18.6 Å². The van der Waals surface area contributed by atoms with Crippen molar-refractivity contribution in [3.05, 3.63) is 28.8 Å². The summed E-state index contributed by atoms with van der Waals surface area (Å²) in [7, 11) is 1.94. The highest BCUT2D eigenvalue weighted by Gasteiger charge is 2.10. The zero-order valence-electron chi connectivity index (χ0n) is 9.00. The number of aromatic nitrogens is 1. The monoisotopic (exact) mass is 284 g/mol. The summed E-state index contributed by atoms with van der Waals surface area (Å²) in [6.45, 7) is 0.981. The zero-order valence-corrected chi connectivity index (χ0v) is 10.6. The van der Waals surface area contributed by atoms with Gasteiger partial charge in [-0.2, -0.15) is 0 Å². The first-order chi connectivity index (χ1) is 7.79. The Morgan fingerprint density at radius 3 is 3.00 bits per heavy atom. The Balaban J connectivity index is 2.02. The second-order valence-corrected chi connectivity index (χ2v) is 4.24. The minimum atomic E-state index is 0.533. The molecule has 2 aromatic rings. The van der Waals surface area contributed by atoms with Crippen molar-refractivity contribution in [2.24, 2.45) is 0 Å². The minimum Gasteiger partial charge on any atom is -0.444 e. The van der Waals surface area contributed by atoms with E-state index in [2.05, 4.69) is 26.2 Å². The Hall–Kier alpha value is -1.07. The second kappa shape index (κ2) is 5.32. The van der Waals surface area contributed by atoms with Crippen molar-refractivity contribution in [3.63, 3.8) is 0 Å². The summed E-state index contributed by atoms with van der Waals surface area (Å²) in [6.07, 6.45) is 3.64. The van der Waals surface area contributed by atoms with Crippen molar-refractivity contribution in [1.82, 2.24) is 10.3 Å². The summed E-state index contributed by atoms with van der Waals surface area (Å²) in [5.74, 6) is 1.18. The fourth-order valence-electron chi connectivity index (χ4n) is 1.41. The Morgan fingerprint density at radius 1 is 1.44 bits per heavy atom. The molecule has 1 N–H and O–H groups in total. The van der Waals surface area contributed by atoms with Crippen LogP contribution in [0.15, 0.2) is 31.9 Å². The Kier molecular flexibility index (Phi) is 3.79. The first-order valence-corrected chi connectivity index (χ1v) is 5.93. The maximum atomic E-state index is 5.36. The molecule has 4 nitrogen and oxygen atoms in total. The SMILES string of the molecule is CNCCCc1coc(-c2ccc(Br)o2)n1. The molecule has 5 heteroatoms. The van der Waals surface area contributed by atoms with Crippen LogP contribution in [0.3, 0.4) is 0 Å². The number of hydrogen-bond acceptors (Lipinski definition) is 4. The smallest absolute Gasteiger partial charge is 0.263 e. The summed E-state index contributed by atoms with van der Waals surface area (Å²) in [5, 5.41) is 3.10. The third kappa shape index (κ3) is 2.74. The molecule has 0 bridgehead atoms. The molecule has 0 aromatic carbocycles. The van der Waals surface area contributed by atoms with Crippen LogP contribution in [0, 0.1) is 0 Å². The standard InChI is InChI=1S/C11H13BrN2O2/c1-13-6-2-3-8-7-15-11(14-8)9-4-5-10(12)16-9/h4-5,7,13H,2-3,6H2,1H3. The molecule has 0 saturated heterocycles. The molecule has 86 valence electrons. The molecule has 0 spiro atoms. The number of nitrogens with one attached hydrogen (secondary N) is 1. The lowest BCUT2D eigenvalue weighted by molar-refractivity contribution is 0.504. The number of furan rings is 1.